The van der Waals surface area contributed by atoms with Crippen molar-refractivity contribution in [3.8, 4) is 0 Å². The molecule has 2 aromatic carbocycles. The molecule has 0 saturated carbocycles. The number of ketones is 1. The van der Waals surface area contributed by atoms with Gasteiger partial charge in [0.15, 0.2) is 5.78 Å². The predicted molar refractivity (Wildman–Crippen MR) is 122 cm³/mol. The Hall–Kier alpha value is -2.43. The van der Waals surface area contributed by atoms with Gasteiger partial charge in [-0.05, 0) is 43.2 Å². The highest BCUT2D eigenvalue weighted by molar-refractivity contribution is 7.99. The number of benzene rings is 2. The molecule has 10 heteroatoms. The number of carbonyl (C=O) groups excluding carboxylic acids is 1. The van der Waals surface area contributed by atoms with Crippen molar-refractivity contribution in [2.75, 3.05) is 54.8 Å². The first kappa shape index (κ1) is 22.8. The van der Waals surface area contributed by atoms with Crippen LogP contribution in [-0.2, 0) is 11.0 Å². The summed E-state index contributed by atoms with van der Waals surface area (Å²) in [5, 5.41) is 9.06. The van der Waals surface area contributed by atoms with Crippen molar-refractivity contribution in [1.29, 1.82) is 0 Å². The molecular formula is C22H26F3N5OS. The number of nitrogens with one attached hydrogen (secondary N) is 3. The van der Waals surface area contributed by atoms with Gasteiger partial charge in [-0.3, -0.25) is 4.79 Å². The van der Waals surface area contributed by atoms with Gasteiger partial charge in [-0.15, -0.1) is 0 Å². The van der Waals surface area contributed by atoms with E-state index in [9.17, 15) is 18.0 Å². The molecule has 32 heavy (non-hydrogen) atoms. The normalized spacial score (nSPS) is 15.2. The largest absolute Gasteiger partial charge is 0.416 e. The lowest BCUT2D eigenvalue weighted by atomic mass is 10.1. The molecule has 2 aliphatic heterocycles. The number of fused-ring (bicyclic) bond motifs is 2. The summed E-state index contributed by atoms with van der Waals surface area (Å²) in [7, 11) is 0. The molecule has 6 nitrogen and oxygen atoms in total. The van der Waals surface area contributed by atoms with Gasteiger partial charge in [-0.1, -0.05) is 11.8 Å². The van der Waals surface area contributed by atoms with Gasteiger partial charge in [0.25, 0.3) is 0 Å². The third-order valence-electron chi connectivity index (χ3n) is 5.46. The van der Waals surface area contributed by atoms with E-state index in [1.807, 2.05) is 18.2 Å². The molecule has 0 amide bonds. The third-order valence-corrected chi connectivity index (χ3v) is 6.56. The summed E-state index contributed by atoms with van der Waals surface area (Å²) in [6.07, 6.45) is -2.19. The van der Waals surface area contributed by atoms with Crippen LogP contribution in [0.3, 0.4) is 0 Å². The molecular weight excluding hydrogens is 439 g/mol. The van der Waals surface area contributed by atoms with Crippen LogP contribution in [0.1, 0.15) is 18.4 Å². The number of Topliss-reactive ketones (excluding diaryl/α,β-unsaturated/α-hetero) is 1. The lowest BCUT2D eigenvalue weighted by Crippen LogP contribution is -2.31. The van der Waals surface area contributed by atoms with E-state index >= 15 is 0 Å². The topological polar surface area (TPSA) is 82.4 Å². The molecule has 2 aliphatic rings. The van der Waals surface area contributed by atoms with Crippen molar-refractivity contribution < 1.29 is 18.0 Å². The SMILES string of the molecule is NCCNCC(=O)CNc1cc(C(F)(F)F)cc2c1Nc1ccc(N3CCCC3)cc1S2. The molecule has 0 unspecified atom stereocenters. The quantitative estimate of drug-likeness (QED) is 0.374. The van der Waals surface area contributed by atoms with Gasteiger partial charge in [0.1, 0.15) is 0 Å². The molecule has 5 N–H and O–H groups in total. The standard InChI is InChI=1S/C22H26F3N5OS/c23-22(24,25)14-9-18(28-13-16(31)12-27-6-5-26)21-20(10-14)32-19-11-15(3-4-17(19)29-21)30-7-1-2-8-30/h3-4,9-11,27-29H,1-2,5-8,12-13,26H2. The molecule has 2 aromatic rings. The average molecular weight is 466 g/mol. The molecule has 0 atom stereocenters. The molecule has 0 radical (unpaired) electrons. The zero-order valence-corrected chi connectivity index (χ0v) is 18.3. The van der Waals surface area contributed by atoms with E-state index in [0.717, 1.165) is 54.3 Å². The minimum atomic E-state index is -4.49. The molecule has 0 bridgehead atoms. The Kier molecular flexibility index (Phi) is 6.82. The number of anilines is 4. The van der Waals surface area contributed by atoms with Crippen molar-refractivity contribution in [3.63, 3.8) is 0 Å². The Morgan fingerprint density at radius 3 is 2.62 bits per heavy atom. The van der Waals surface area contributed by atoms with Crippen LogP contribution < -0.4 is 26.6 Å². The van der Waals surface area contributed by atoms with Crippen LogP contribution in [0.25, 0.3) is 0 Å². The highest BCUT2D eigenvalue weighted by Gasteiger charge is 2.33. The minimum Gasteiger partial charge on any atom is -0.376 e. The number of alkyl halides is 3. The summed E-state index contributed by atoms with van der Waals surface area (Å²) in [5.41, 5.74) is 7.36. The Balaban J connectivity index is 1.59. The maximum Gasteiger partial charge on any atom is 0.416 e. The molecule has 4 rings (SSSR count). The first-order valence-corrected chi connectivity index (χ1v) is 11.4. The fraction of sp³-hybridized carbons (Fsp3) is 0.409. The predicted octanol–water partition coefficient (Wildman–Crippen LogP) is 4.04. The first-order chi connectivity index (χ1) is 15.3. The first-order valence-electron chi connectivity index (χ1n) is 10.6. The smallest absolute Gasteiger partial charge is 0.376 e. The van der Waals surface area contributed by atoms with Crippen LogP contribution in [0.4, 0.5) is 35.9 Å². The van der Waals surface area contributed by atoms with Crippen LogP contribution >= 0.6 is 11.8 Å². The lowest BCUT2D eigenvalue weighted by molar-refractivity contribution is -0.137. The van der Waals surface area contributed by atoms with E-state index in [2.05, 4.69) is 20.9 Å². The van der Waals surface area contributed by atoms with E-state index in [1.165, 1.54) is 11.8 Å². The molecule has 2 heterocycles. The number of hydrogen-bond acceptors (Lipinski definition) is 7. The van der Waals surface area contributed by atoms with Crippen LogP contribution in [0.5, 0.6) is 0 Å². The summed E-state index contributed by atoms with van der Waals surface area (Å²) < 4.78 is 40.7. The molecule has 1 fully saturated rings. The maximum absolute atomic E-state index is 13.6. The number of nitrogens with two attached hydrogens (primary N) is 1. The highest BCUT2D eigenvalue weighted by atomic mass is 32.2. The van der Waals surface area contributed by atoms with Crippen molar-refractivity contribution in [1.82, 2.24) is 5.32 Å². The van der Waals surface area contributed by atoms with E-state index in [0.29, 0.717) is 23.7 Å². The van der Waals surface area contributed by atoms with Gasteiger partial charge >= 0.3 is 6.18 Å². The Morgan fingerprint density at radius 1 is 1.12 bits per heavy atom. The summed E-state index contributed by atoms with van der Waals surface area (Å²) >= 11 is 1.31. The summed E-state index contributed by atoms with van der Waals surface area (Å²) in [5.74, 6) is -0.163. The van der Waals surface area contributed by atoms with Gasteiger partial charge in [0, 0.05) is 41.7 Å². The molecule has 0 spiro atoms. The molecule has 0 aromatic heterocycles. The lowest BCUT2D eigenvalue weighted by Gasteiger charge is -2.27. The van der Waals surface area contributed by atoms with Gasteiger partial charge in [-0.25, -0.2) is 0 Å². The van der Waals surface area contributed by atoms with Gasteiger partial charge in [-0.2, -0.15) is 13.2 Å². The fourth-order valence-corrected chi connectivity index (χ4v) is 4.93. The second-order valence-corrected chi connectivity index (χ2v) is 8.94. The number of hydrogen-bond donors (Lipinski definition) is 4. The van der Waals surface area contributed by atoms with Gasteiger partial charge in [0.05, 0.1) is 35.7 Å². The number of rotatable bonds is 8. The van der Waals surface area contributed by atoms with Crippen LogP contribution in [-0.4, -0.2) is 45.1 Å². The fourth-order valence-electron chi connectivity index (χ4n) is 3.84. The Bertz CT molecular complexity index is 992. The number of carbonyl (C=O) groups is 1. The summed E-state index contributed by atoms with van der Waals surface area (Å²) in [4.78, 5) is 15.7. The Morgan fingerprint density at radius 2 is 1.91 bits per heavy atom. The van der Waals surface area contributed by atoms with Gasteiger partial charge in [0.2, 0.25) is 0 Å². The van der Waals surface area contributed by atoms with Crippen molar-refractivity contribution in [3.05, 3.63) is 35.9 Å². The van der Waals surface area contributed by atoms with E-state index < -0.39 is 11.7 Å². The number of halogens is 3. The second-order valence-electron chi connectivity index (χ2n) is 7.85. The monoisotopic (exact) mass is 465 g/mol. The number of nitrogens with zero attached hydrogens (tertiary/aromatic N) is 1. The van der Waals surface area contributed by atoms with E-state index in [4.69, 9.17) is 5.73 Å². The van der Waals surface area contributed by atoms with Crippen LogP contribution in [0.2, 0.25) is 0 Å². The average Bonchev–Trinajstić information content (AvgIpc) is 3.30. The summed E-state index contributed by atoms with van der Waals surface area (Å²) in [6, 6.07) is 8.24. The molecule has 172 valence electrons. The zero-order chi connectivity index (χ0) is 22.7. The zero-order valence-electron chi connectivity index (χ0n) is 17.5. The van der Waals surface area contributed by atoms with E-state index in [-0.39, 0.29) is 24.6 Å². The van der Waals surface area contributed by atoms with Crippen molar-refractivity contribution in [2.45, 2.75) is 28.8 Å². The van der Waals surface area contributed by atoms with Crippen molar-refractivity contribution >= 4 is 40.3 Å². The van der Waals surface area contributed by atoms with Crippen LogP contribution in [0, 0.1) is 0 Å². The second kappa shape index (κ2) is 9.60. The maximum atomic E-state index is 13.6. The minimum absolute atomic E-state index is 0.0849. The van der Waals surface area contributed by atoms with Gasteiger partial charge < -0.3 is 26.6 Å². The molecule has 1 saturated heterocycles. The van der Waals surface area contributed by atoms with E-state index in [1.54, 1.807) is 0 Å². The summed E-state index contributed by atoms with van der Waals surface area (Å²) in [6.45, 7) is 2.91. The highest BCUT2D eigenvalue weighted by Crippen LogP contribution is 2.50. The third kappa shape index (κ3) is 5.13. The molecule has 0 aliphatic carbocycles. The Labute approximate surface area is 189 Å². The van der Waals surface area contributed by atoms with Crippen LogP contribution in [0.15, 0.2) is 40.1 Å². The van der Waals surface area contributed by atoms with Crippen molar-refractivity contribution in [2.24, 2.45) is 5.73 Å².